The average Bonchev–Trinajstić information content (AvgIpc) is 2.91. The van der Waals surface area contributed by atoms with Crippen molar-refractivity contribution < 1.29 is 4.74 Å². The largest absolute Gasteiger partial charge is 0.487 e. The Bertz CT molecular complexity index is 563. The molecule has 0 radical (unpaired) electrons. The molecule has 0 saturated carbocycles. The van der Waals surface area contributed by atoms with Crippen LogP contribution in [0.3, 0.4) is 0 Å². The predicted octanol–water partition coefficient (Wildman–Crippen LogP) is 3.07. The highest BCUT2D eigenvalue weighted by atomic mass is 16.5. The first-order chi connectivity index (χ1) is 9.65. The van der Waals surface area contributed by atoms with Crippen molar-refractivity contribution in [3.05, 3.63) is 47.5 Å². The average molecular weight is 273 g/mol. The Labute approximate surface area is 120 Å². The highest BCUT2D eigenvalue weighted by molar-refractivity contribution is 5.39. The van der Waals surface area contributed by atoms with E-state index in [1.165, 1.54) is 11.1 Å². The van der Waals surface area contributed by atoms with Crippen molar-refractivity contribution >= 4 is 0 Å². The molecule has 4 nitrogen and oxygen atoms in total. The third kappa shape index (κ3) is 3.20. The number of rotatable bonds is 6. The fraction of sp³-hybridized carbons (Fsp3) is 0.438. The van der Waals surface area contributed by atoms with Crippen LogP contribution in [0.25, 0.3) is 0 Å². The van der Waals surface area contributed by atoms with Crippen LogP contribution in [0.2, 0.25) is 0 Å². The van der Waals surface area contributed by atoms with E-state index in [1.54, 1.807) is 0 Å². The van der Waals surface area contributed by atoms with Crippen LogP contribution < -0.4 is 10.1 Å². The number of hydrogen-bond donors (Lipinski definition) is 1. The van der Waals surface area contributed by atoms with Gasteiger partial charge in [0.25, 0.3) is 0 Å². The maximum atomic E-state index is 6.03. The van der Waals surface area contributed by atoms with Crippen LogP contribution in [0.4, 0.5) is 0 Å². The van der Waals surface area contributed by atoms with Crippen molar-refractivity contribution in [3.8, 4) is 5.75 Å². The summed E-state index contributed by atoms with van der Waals surface area (Å²) in [6, 6.07) is 6.60. The molecule has 4 heteroatoms. The molecule has 0 spiro atoms. The Morgan fingerprint density at radius 1 is 1.40 bits per heavy atom. The number of hydrogen-bond acceptors (Lipinski definition) is 3. The third-order valence-electron chi connectivity index (χ3n) is 3.58. The Morgan fingerprint density at radius 2 is 2.20 bits per heavy atom. The second-order valence-corrected chi connectivity index (χ2v) is 5.01. The SMILES string of the molecule is CCn1cncc1COc1cc(C)ccc1C(C)NC. The number of aromatic nitrogens is 2. The van der Waals surface area contributed by atoms with Gasteiger partial charge < -0.3 is 14.6 Å². The third-order valence-corrected chi connectivity index (χ3v) is 3.58. The lowest BCUT2D eigenvalue weighted by atomic mass is 10.1. The smallest absolute Gasteiger partial charge is 0.130 e. The Kier molecular flexibility index (Phi) is 4.79. The van der Waals surface area contributed by atoms with Gasteiger partial charge in [-0.05, 0) is 39.4 Å². The first kappa shape index (κ1) is 14.6. The van der Waals surface area contributed by atoms with E-state index >= 15 is 0 Å². The molecule has 0 saturated heterocycles. The van der Waals surface area contributed by atoms with E-state index in [0.29, 0.717) is 6.61 Å². The molecule has 108 valence electrons. The summed E-state index contributed by atoms with van der Waals surface area (Å²) in [5.41, 5.74) is 3.48. The highest BCUT2D eigenvalue weighted by Crippen LogP contribution is 2.27. The van der Waals surface area contributed by atoms with Crippen LogP contribution in [-0.2, 0) is 13.2 Å². The summed E-state index contributed by atoms with van der Waals surface area (Å²) in [4.78, 5) is 4.17. The molecular weight excluding hydrogens is 250 g/mol. The van der Waals surface area contributed by atoms with Gasteiger partial charge in [-0.1, -0.05) is 12.1 Å². The first-order valence-corrected chi connectivity index (χ1v) is 7.05. The van der Waals surface area contributed by atoms with E-state index in [2.05, 4.69) is 53.8 Å². The van der Waals surface area contributed by atoms with Gasteiger partial charge in [0, 0.05) is 18.2 Å². The van der Waals surface area contributed by atoms with E-state index in [9.17, 15) is 0 Å². The lowest BCUT2D eigenvalue weighted by molar-refractivity contribution is 0.289. The second kappa shape index (κ2) is 6.57. The number of benzene rings is 1. The second-order valence-electron chi connectivity index (χ2n) is 5.01. The minimum atomic E-state index is 0.265. The van der Waals surface area contributed by atoms with Crippen LogP contribution in [0, 0.1) is 6.92 Å². The van der Waals surface area contributed by atoms with Crippen LogP contribution in [0.5, 0.6) is 5.75 Å². The molecule has 1 unspecified atom stereocenters. The number of nitrogens with zero attached hydrogens (tertiary/aromatic N) is 2. The van der Waals surface area contributed by atoms with Crippen molar-refractivity contribution in [2.75, 3.05) is 7.05 Å². The summed E-state index contributed by atoms with van der Waals surface area (Å²) in [5.74, 6) is 0.940. The van der Waals surface area contributed by atoms with E-state index in [4.69, 9.17) is 4.74 Å². The molecule has 1 aromatic heterocycles. The van der Waals surface area contributed by atoms with Gasteiger partial charge in [-0.2, -0.15) is 0 Å². The molecular formula is C16H23N3O. The zero-order valence-electron chi connectivity index (χ0n) is 12.7. The monoisotopic (exact) mass is 273 g/mol. The van der Waals surface area contributed by atoms with E-state index in [1.807, 2.05) is 19.6 Å². The lowest BCUT2D eigenvalue weighted by Crippen LogP contribution is -2.14. The maximum Gasteiger partial charge on any atom is 0.130 e. The molecule has 20 heavy (non-hydrogen) atoms. The maximum absolute atomic E-state index is 6.03. The molecule has 1 atom stereocenters. The summed E-state index contributed by atoms with van der Waals surface area (Å²) in [6.07, 6.45) is 3.70. The molecule has 2 aromatic rings. The van der Waals surface area contributed by atoms with Crippen molar-refractivity contribution in [3.63, 3.8) is 0 Å². The van der Waals surface area contributed by atoms with Gasteiger partial charge >= 0.3 is 0 Å². The molecule has 1 aromatic carbocycles. The zero-order chi connectivity index (χ0) is 14.5. The fourth-order valence-electron chi connectivity index (χ4n) is 2.18. The molecule has 2 rings (SSSR count). The van der Waals surface area contributed by atoms with Gasteiger partial charge in [-0.15, -0.1) is 0 Å². The molecule has 0 fully saturated rings. The fourth-order valence-corrected chi connectivity index (χ4v) is 2.18. The minimum Gasteiger partial charge on any atom is -0.487 e. The molecule has 0 bridgehead atoms. The summed E-state index contributed by atoms with van der Waals surface area (Å²) in [6.45, 7) is 7.77. The number of imidazole rings is 1. The molecule has 0 aliphatic rings. The highest BCUT2D eigenvalue weighted by Gasteiger charge is 2.11. The van der Waals surface area contributed by atoms with Gasteiger partial charge in [0.1, 0.15) is 12.4 Å². The molecule has 1 heterocycles. The zero-order valence-corrected chi connectivity index (χ0v) is 12.7. The topological polar surface area (TPSA) is 39.1 Å². The van der Waals surface area contributed by atoms with Crippen LogP contribution in [-0.4, -0.2) is 16.6 Å². The van der Waals surface area contributed by atoms with Crippen molar-refractivity contribution in [1.82, 2.24) is 14.9 Å². The van der Waals surface area contributed by atoms with Crippen LogP contribution in [0.15, 0.2) is 30.7 Å². The quantitative estimate of drug-likeness (QED) is 0.879. The Balaban J connectivity index is 2.18. The molecule has 1 N–H and O–H groups in total. The summed E-state index contributed by atoms with van der Waals surface area (Å²) >= 11 is 0. The Hall–Kier alpha value is -1.81. The molecule has 0 aliphatic heterocycles. The van der Waals surface area contributed by atoms with Gasteiger partial charge in [-0.25, -0.2) is 4.98 Å². The minimum absolute atomic E-state index is 0.265. The lowest BCUT2D eigenvalue weighted by Gasteiger charge is -2.17. The van der Waals surface area contributed by atoms with Crippen LogP contribution >= 0.6 is 0 Å². The number of nitrogens with one attached hydrogen (secondary N) is 1. The van der Waals surface area contributed by atoms with Crippen molar-refractivity contribution in [1.29, 1.82) is 0 Å². The summed E-state index contributed by atoms with van der Waals surface area (Å²) in [5, 5.41) is 3.26. The van der Waals surface area contributed by atoms with Crippen molar-refractivity contribution in [2.24, 2.45) is 0 Å². The van der Waals surface area contributed by atoms with E-state index in [-0.39, 0.29) is 6.04 Å². The Morgan fingerprint density at radius 3 is 2.90 bits per heavy atom. The summed E-state index contributed by atoms with van der Waals surface area (Å²) in [7, 11) is 1.96. The van der Waals surface area contributed by atoms with Gasteiger partial charge in [0.05, 0.1) is 18.2 Å². The molecule has 0 amide bonds. The molecule has 0 aliphatic carbocycles. The standard InChI is InChI=1S/C16H23N3O/c1-5-19-11-18-9-14(19)10-20-16-8-12(2)6-7-15(16)13(3)17-4/h6-9,11,13,17H,5,10H2,1-4H3. The summed E-state index contributed by atoms with van der Waals surface area (Å²) < 4.78 is 8.12. The van der Waals surface area contributed by atoms with Gasteiger partial charge in [-0.3, -0.25) is 0 Å². The normalized spacial score (nSPS) is 12.4. The predicted molar refractivity (Wildman–Crippen MR) is 80.9 cm³/mol. The van der Waals surface area contributed by atoms with Crippen molar-refractivity contribution in [2.45, 2.75) is 40.0 Å². The van der Waals surface area contributed by atoms with E-state index in [0.717, 1.165) is 18.0 Å². The van der Waals surface area contributed by atoms with Gasteiger partial charge in [0.2, 0.25) is 0 Å². The number of aryl methyl sites for hydroxylation is 2. The first-order valence-electron chi connectivity index (χ1n) is 7.05. The van der Waals surface area contributed by atoms with E-state index < -0.39 is 0 Å². The van der Waals surface area contributed by atoms with Gasteiger partial charge in [0.15, 0.2) is 0 Å². The van der Waals surface area contributed by atoms with Crippen LogP contribution in [0.1, 0.15) is 36.7 Å². The number of ether oxygens (including phenoxy) is 1.